The fourth-order valence-electron chi connectivity index (χ4n) is 4.62. The number of fused-ring (bicyclic) bond motifs is 1. The summed E-state index contributed by atoms with van der Waals surface area (Å²) in [5, 5.41) is 12.2. The van der Waals surface area contributed by atoms with Crippen LogP contribution in [0.15, 0.2) is 79.0 Å². The van der Waals surface area contributed by atoms with Crippen molar-refractivity contribution in [2.45, 2.75) is 18.9 Å². The summed E-state index contributed by atoms with van der Waals surface area (Å²) in [6, 6.07) is 16.7. The van der Waals surface area contributed by atoms with Crippen molar-refractivity contribution in [2.24, 2.45) is 0 Å². The number of para-hydroxylation sites is 1. The second-order valence-corrected chi connectivity index (χ2v) is 8.68. The Morgan fingerprint density at radius 3 is 2.59 bits per heavy atom. The monoisotopic (exact) mass is 500 g/mol. The number of carbonyl (C=O) groups excluding carboxylic acids is 3. The van der Waals surface area contributed by atoms with Gasteiger partial charge < -0.3 is 9.88 Å². The molecule has 5 rings (SSSR count). The molecule has 10 heteroatoms. The van der Waals surface area contributed by atoms with Gasteiger partial charge in [-0.15, -0.1) is 0 Å². The third kappa shape index (κ3) is 4.56. The molecular formula is C27H21FN4O5. The van der Waals surface area contributed by atoms with Gasteiger partial charge >= 0.3 is 0 Å². The normalized spacial score (nSPS) is 15.4. The number of halogens is 1. The number of non-ortho nitro benzene ring substituents is 1. The molecule has 1 fully saturated rings. The van der Waals surface area contributed by atoms with E-state index in [9.17, 15) is 28.9 Å². The molecule has 0 spiro atoms. The minimum atomic E-state index is -1.12. The third-order valence-corrected chi connectivity index (χ3v) is 6.45. The number of aromatic nitrogens is 1. The zero-order valence-corrected chi connectivity index (χ0v) is 19.5. The van der Waals surface area contributed by atoms with Gasteiger partial charge in [-0.2, -0.15) is 0 Å². The predicted octanol–water partition coefficient (Wildman–Crippen LogP) is 4.23. The summed E-state index contributed by atoms with van der Waals surface area (Å²) in [7, 11) is 0. The van der Waals surface area contributed by atoms with Crippen LogP contribution in [0.25, 0.3) is 10.9 Å². The van der Waals surface area contributed by atoms with Crippen LogP contribution in [0.3, 0.4) is 0 Å². The van der Waals surface area contributed by atoms with Gasteiger partial charge in [-0.1, -0.05) is 24.3 Å². The van der Waals surface area contributed by atoms with E-state index >= 15 is 0 Å². The van der Waals surface area contributed by atoms with Crippen LogP contribution in [-0.4, -0.2) is 45.1 Å². The Labute approximate surface area is 210 Å². The molecule has 0 saturated carbocycles. The van der Waals surface area contributed by atoms with Crippen molar-refractivity contribution in [1.29, 1.82) is 0 Å². The Morgan fingerprint density at radius 1 is 1.08 bits per heavy atom. The standard InChI is InChI=1S/C27H21FN4O5/c28-19-8-10-20(11-9-19)31-25(33)15-24(27(31)35)30(26(34)17-4-3-5-21(14-17)32(36)37)13-12-18-16-29-23-7-2-1-6-22(18)23/h1-11,14,16,24,29H,12-13,15H2. The number of benzene rings is 3. The Kier molecular flexibility index (Phi) is 6.22. The highest BCUT2D eigenvalue weighted by molar-refractivity contribution is 6.23. The van der Waals surface area contributed by atoms with Crippen LogP contribution in [0.2, 0.25) is 0 Å². The van der Waals surface area contributed by atoms with Crippen molar-refractivity contribution >= 4 is 40.0 Å². The van der Waals surface area contributed by atoms with Gasteiger partial charge in [0.05, 0.1) is 17.0 Å². The predicted molar refractivity (Wildman–Crippen MR) is 133 cm³/mol. The number of rotatable bonds is 7. The third-order valence-electron chi connectivity index (χ3n) is 6.45. The van der Waals surface area contributed by atoms with Gasteiger partial charge in [-0.3, -0.25) is 24.5 Å². The number of nitro groups is 1. The first kappa shape index (κ1) is 23.9. The molecule has 37 heavy (non-hydrogen) atoms. The summed E-state index contributed by atoms with van der Waals surface area (Å²) < 4.78 is 13.4. The number of nitrogens with zero attached hydrogens (tertiary/aromatic N) is 3. The van der Waals surface area contributed by atoms with Crippen molar-refractivity contribution in [3.63, 3.8) is 0 Å². The lowest BCUT2D eigenvalue weighted by Crippen LogP contribution is -2.46. The minimum Gasteiger partial charge on any atom is -0.361 e. The van der Waals surface area contributed by atoms with E-state index in [1.165, 1.54) is 35.2 Å². The highest BCUT2D eigenvalue weighted by atomic mass is 19.1. The first-order chi connectivity index (χ1) is 17.8. The van der Waals surface area contributed by atoms with Gasteiger partial charge in [0.25, 0.3) is 17.5 Å². The van der Waals surface area contributed by atoms with Gasteiger partial charge in [-0.25, -0.2) is 9.29 Å². The second kappa shape index (κ2) is 9.65. The van der Waals surface area contributed by atoms with Crippen LogP contribution in [-0.2, 0) is 16.0 Å². The quantitative estimate of drug-likeness (QED) is 0.232. The fourth-order valence-corrected chi connectivity index (χ4v) is 4.62. The van der Waals surface area contributed by atoms with Crippen LogP contribution in [0.4, 0.5) is 15.8 Å². The summed E-state index contributed by atoms with van der Waals surface area (Å²) in [5.74, 6) is -2.25. The highest BCUT2D eigenvalue weighted by Crippen LogP contribution is 2.28. The zero-order valence-electron chi connectivity index (χ0n) is 19.5. The molecule has 1 aliphatic rings. The average molecular weight is 500 g/mol. The van der Waals surface area contributed by atoms with Crippen LogP contribution in [0.5, 0.6) is 0 Å². The molecule has 1 unspecified atom stereocenters. The van der Waals surface area contributed by atoms with E-state index in [0.717, 1.165) is 39.6 Å². The molecule has 0 bridgehead atoms. The molecule has 3 aromatic carbocycles. The van der Waals surface area contributed by atoms with E-state index < -0.39 is 34.5 Å². The molecule has 1 aromatic heterocycles. The number of amides is 3. The van der Waals surface area contributed by atoms with Crippen molar-refractivity contribution in [1.82, 2.24) is 9.88 Å². The largest absolute Gasteiger partial charge is 0.361 e. The maximum atomic E-state index is 13.6. The number of hydrogen-bond acceptors (Lipinski definition) is 5. The lowest BCUT2D eigenvalue weighted by Gasteiger charge is -2.28. The van der Waals surface area contributed by atoms with Crippen molar-refractivity contribution in [3.8, 4) is 0 Å². The topological polar surface area (TPSA) is 117 Å². The van der Waals surface area contributed by atoms with Gasteiger partial charge in [0, 0.05) is 41.3 Å². The van der Waals surface area contributed by atoms with Gasteiger partial charge in [0.2, 0.25) is 5.91 Å². The van der Waals surface area contributed by atoms with E-state index in [0.29, 0.717) is 6.42 Å². The Hall–Kier alpha value is -4.86. The number of imide groups is 1. The van der Waals surface area contributed by atoms with Crippen LogP contribution >= 0.6 is 0 Å². The van der Waals surface area contributed by atoms with Gasteiger partial charge in [-0.05, 0) is 48.4 Å². The maximum Gasteiger partial charge on any atom is 0.270 e. The number of H-pyrrole nitrogens is 1. The summed E-state index contributed by atoms with van der Waals surface area (Å²) >= 11 is 0. The maximum absolute atomic E-state index is 13.6. The summed E-state index contributed by atoms with van der Waals surface area (Å²) in [4.78, 5) is 56.0. The Bertz CT molecular complexity index is 1530. The number of hydrogen-bond donors (Lipinski definition) is 1. The highest BCUT2D eigenvalue weighted by Gasteiger charge is 2.44. The van der Waals surface area contributed by atoms with Crippen molar-refractivity contribution in [3.05, 3.63) is 106 Å². The number of carbonyl (C=O) groups is 3. The number of nitro benzene ring substituents is 1. The van der Waals surface area contributed by atoms with Gasteiger partial charge in [0.15, 0.2) is 0 Å². The smallest absolute Gasteiger partial charge is 0.270 e. The Balaban J connectivity index is 1.48. The molecule has 1 N–H and O–H groups in total. The first-order valence-electron chi connectivity index (χ1n) is 11.6. The lowest BCUT2D eigenvalue weighted by molar-refractivity contribution is -0.384. The van der Waals surface area contributed by atoms with E-state index in [1.807, 2.05) is 30.5 Å². The SMILES string of the molecule is O=C1CC(N(CCc2c[nH]c3ccccc23)C(=O)c2cccc([N+](=O)[O-])c2)C(=O)N1c1ccc(F)cc1. The van der Waals surface area contributed by atoms with Gasteiger partial charge in [0.1, 0.15) is 11.9 Å². The van der Waals surface area contributed by atoms with E-state index in [-0.39, 0.29) is 29.9 Å². The molecule has 9 nitrogen and oxygen atoms in total. The molecule has 0 aliphatic carbocycles. The summed E-state index contributed by atoms with van der Waals surface area (Å²) in [6.45, 7) is 0.0876. The molecule has 2 heterocycles. The fraction of sp³-hybridized carbons (Fsp3) is 0.148. The minimum absolute atomic E-state index is 0.0357. The average Bonchev–Trinajstić information content (AvgIpc) is 3.45. The van der Waals surface area contributed by atoms with E-state index in [4.69, 9.17) is 0 Å². The Morgan fingerprint density at radius 2 is 1.84 bits per heavy atom. The molecule has 3 amide bonds. The van der Waals surface area contributed by atoms with E-state index in [1.54, 1.807) is 0 Å². The number of aromatic amines is 1. The van der Waals surface area contributed by atoms with Crippen molar-refractivity contribution in [2.75, 3.05) is 11.4 Å². The second-order valence-electron chi connectivity index (χ2n) is 8.68. The molecule has 186 valence electrons. The summed E-state index contributed by atoms with van der Waals surface area (Å²) in [5.41, 5.74) is 1.82. The molecule has 1 saturated heterocycles. The van der Waals surface area contributed by atoms with E-state index in [2.05, 4.69) is 4.98 Å². The van der Waals surface area contributed by atoms with Crippen molar-refractivity contribution < 1.29 is 23.7 Å². The molecular weight excluding hydrogens is 479 g/mol. The van der Waals surface area contributed by atoms with Crippen LogP contribution in [0, 0.1) is 15.9 Å². The molecule has 0 radical (unpaired) electrons. The first-order valence-corrected chi connectivity index (χ1v) is 11.6. The molecule has 1 atom stereocenters. The lowest BCUT2D eigenvalue weighted by atomic mass is 10.1. The molecule has 4 aromatic rings. The molecule has 1 aliphatic heterocycles. The van der Waals surface area contributed by atoms with Crippen LogP contribution in [0.1, 0.15) is 22.3 Å². The summed E-state index contributed by atoms with van der Waals surface area (Å²) in [6.07, 6.45) is 1.94. The number of nitrogens with one attached hydrogen (secondary N) is 1. The van der Waals surface area contributed by atoms with Crippen LogP contribution < -0.4 is 4.90 Å². The zero-order chi connectivity index (χ0) is 26.1. The number of anilines is 1.